The van der Waals surface area contributed by atoms with Crippen LogP contribution in [-0.2, 0) is 6.18 Å². The van der Waals surface area contributed by atoms with Gasteiger partial charge in [0.05, 0.1) is 46.3 Å². The van der Waals surface area contributed by atoms with Crippen molar-refractivity contribution in [3.8, 4) is 0 Å². The van der Waals surface area contributed by atoms with Crippen molar-refractivity contribution in [1.29, 1.82) is 0 Å². The highest BCUT2D eigenvalue weighted by Gasteiger charge is 2.30. The van der Waals surface area contributed by atoms with E-state index in [9.17, 15) is 13.2 Å². The smallest absolute Gasteiger partial charge is 0.354 e. The Kier molecular flexibility index (Phi) is 6.86. The van der Waals surface area contributed by atoms with Gasteiger partial charge in [0.1, 0.15) is 0 Å². The average molecular weight is 514 g/mol. The van der Waals surface area contributed by atoms with Crippen LogP contribution in [0.5, 0.6) is 0 Å². The van der Waals surface area contributed by atoms with Crippen molar-refractivity contribution in [2.45, 2.75) is 13.1 Å². The first-order valence-corrected chi connectivity index (χ1v) is 11.6. The van der Waals surface area contributed by atoms with Gasteiger partial charge in [0.2, 0.25) is 5.95 Å². The van der Waals surface area contributed by atoms with Gasteiger partial charge in [-0.2, -0.15) is 18.3 Å². The number of pyridine rings is 1. The van der Waals surface area contributed by atoms with Gasteiger partial charge in [0.15, 0.2) is 0 Å². The molecule has 7 nitrogen and oxygen atoms in total. The summed E-state index contributed by atoms with van der Waals surface area (Å²) in [6.07, 6.45) is -1.39. The molecule has 0 saturated heterocycles. The van der Waals surface area contributed by atoms with E-state index in [1.54, 1.807) is 18.2 Å². The summed E-state index contributed by atoms with van der Waals surface area (Å²) in [6, 6.07) is 24.1. The molecular formula is C28H22F3N7. The Hall–Kier alpha value is -4.99. The van der Waals surface area contributed by atoms with Gasteiger partial charge in [0, 0.05) is 16.8 Å². The Balaban J connectivity index is 1.28. The second kappa shape index (κ2) is 10.6. The number of hydrogen-bond acceptors (Lipinski definition) is 7. The molecule has 0 amide bonds. The lowest BCUT2D eigenvalue weighted by Gasteiger charge is -2.11. The fourth-order valence-corrected chi connectivity index (χ4v) is 3.79. The van der Waals surface area contributed by atoms with Gasteiger partial charge < -0.3 is 10.6 Å². The Bertz CT molecular complexity index is 1580. The third-order valence-corrected chi connectivity index (χ3v) is 5.60. The number of aromatic nitrogens is 3. The molecule has 38 heavy (non-hydrogen) atoms. The number of halogens is 3. The zero-order chi connectivity index (χ0) is 26.5. The van der Waals surface area contributed by atoms with E-state index in [0.717, 1.165) is 40.1 Å². The Morgan fingerprint density at radius 2 is 1.58 bits per heavy atom. The predicted molar refractivity (Wildman–Crippen MR) is 144 cm³/mol. The Morgan fingerprint density at radius 3 is 2.34 bits per heavy atom. The summed E-state index contributed by atoms with van der Waals surface area (Å²) < 4.78 is 38.8. The van der Waals surface area contributed by atoms with E-state index in [0.29, 0.717) is 23.0 Å². The van der Waals surface area contributed by atoms with Gasteiger partial charge in [-0.05, 0) is 55.5 Å². The fraction of sp³-hybridized carbons (Fsp3) is 0.0714. The number of para-hydroxylation sites is 2. The third-order valence-electron chi connectivity index (χ3n) is 5.60. The lowest BCUT2D eigenvalue weighted by atomic mass is 10.1. The summed E-state index contributed by atoms with van der Waals surface area (Å²) in [5, 5.41) is 11.4. The Labute approximate surface area is 216 Å². The van der Waals surface area contributed by atoms with E-state index >= 15 is 0 Å². The first-order chi connectivity index (χ1) is 18.3. The highest BCUT2D eigenvalue weighted by molar-refractivity contribution is 5.94. The van der Waals surface area contributed by atoms with E-state index < -0.39 is 11.7 Å². The number of aryl methyl sites for hydroxylation is 1. The minimum absolute atomic E-state index is 0.314. The highest BCUT2D eigenvalue weighted by atomic mass is 19.4. The predicted octanol–water partition coefficient (Wildman–Crippen LogP) is 7.29. The molecule has 2 heterocycles. The molecule has 10 heteroatoms. The third kappa shape index (κ3) is 5.86. The van der Waals surface area contributed by atoms with Crippen LogP contribution < -0.4 is 16.1 Å². The Morgan fingerprint density at radius 1 is 0.789 bits per heavy atom. The number of hydrazone groups is 1. The van der Waals surface area contributed by atoms with Gasteiger partial charge in [0.25, 0.3) is 0 Å². The molecule has 3 N–H and O–H groups in total. The topological polar surface area (TPSA) is 87.1 Å². The SMILES string of the molecule is Cc1nc(N/N=C/c2ccc(Nc3cccc(C(F)(F)F)c3)cn2)nc2c(Nc3ccccc3)cccc12. The van der Waals surface area contributed by atoms with E-state index in [-0.39, 0.29) is 0 Å². The van der Waals surface area contributed by atoms with Crippen molar-refractivity contribution < 1.29 is 13.2 Å². The van der Waals surface area contributed by atoms with Gasteiger partial charge in [-0.15, -0.1) is 0 Å². The summed E-state index contributed by atoms with van der Waals surface area (Å²) in [7, 11) is 0. The molecule has 0 aliphatic carbocycles. The van der Waals surface area contributed by atoms with Crippen molar-refractivity contribution in [1.82, 2.24) is 15.0 Å². The van der Waals surface area contributed by atoms with Crippen molar-refractivity contribution in [3.05, 3.63) is 108 Å². The summed E-state index contributed by atoms with van der Waals surface area (Å²) >= 11 is 0. The van der Waals surface area contributed by atoms with Crippen LogP contribution in [0.4, 0.5) is 41.9 Å². The van der Waals surface area contributed by atoms with Crippen LogP contribution in [0.1, 0.15) is 17.0 Å². The lowest BCUT2D eigenvalue weighted by molar-refractivity contribution is -0.137. The standard InChI is InChI=1S/C28H22F3N7/c1-18-24-11-6-12-25(36-20-8-3-2-4-9-20)26(24)37-27(34-18)38-33-17-22-13-14-23(16-32-22)35-21-10-5-7-19(15-21)28(29,30)31/h2-17,35-36H,1H3,(H,34,37,38)/b33-17+. The van der Waals surface area contributed by atoms with Crippen LogP contribution in [0.25, 0.3) is 10.9 Å². The molecule has 0 atom stereocenters. The minimum atomic E-state index is -4.41. The number of fused-ring (bicyclic) bond motifs is 1. The summed E-state index contributed by atoms with van der Waals surface area (Å²) in [4.78, 5) is 13.4. The van der Waals surface area contributed by atoms with Crippen LogP contribution in [0.3, 0.4) is 0 Å². The van der Waals surface area contributed by atoms with E-state index in [1.807, 2.05) is 55.5 Å². The van der Waals surface area contributed by atoms with E-state index in [4.69, 9.17) is 0 Å². The monoisotopic (exact) mass is 513 g/mol. The van der Waals surface area contributed by atoms with Crippen molar-refractivity contribution in [2.24, 2.45) is 5.10 Å². The number of nitrogens with zero attached hydrogens (tertiary/aromatic N) is 4. The van der Waals surface area contributed by atoms with Crippen LogP contribution in [0.2, 0.25) is 0 Å². The van der Waals surface area contributed by atoms with Gasteiger partial charge in [-0.3, -0.25) is 4.98 Å². The molecule has 3 aromatic carbocycles. The maximum Gasteiger partial charge on any atom is 0.416 e. The first kappa shape index (κ1) is 24.7. The van der Waals surface area contributed by atoms with Crippen LogP contribution in [-0.4, -0.2) is 21.2 Å². The number of anilines is 5. The number of benzene rings is 3. The van der Waals surface area contributed by atoms with Crippen LogP contribution in [0, 0.1) is 6.92 Å². The largest absolute Gasteiger partial charge is 0.416 e. The number of hydrogen-bond donors (Lipinski definition) is 3. The maximum absolute atomic E-state index is 12.9. The number of alkyl halides is 3. The molecular weight excluding hydrogens is 491 g/mol. The van der Waals surface area contributed by atoms with Crippen molar-refractivity contribution >= 4 is 45.8 Å². The second-order valence-corrected chi connectivity index (χ2v) is 8.37. The van der Waals surface area contributed by atoms with Gasteiger partial charge in [-0.1, -0.05) is 36.4 Å². The summed E-state index contributed by atoms with van der Waals surface area (Å²) in [5.74, 6) is 0.330. The molecule has 5 aromatic rings. The van der Waals surface area contributed by atoms with Crippen LogP contribution in [0.15, 0.2) is 96.2 Å². The molecule has 0 bridgehead atoms. The quantitative estimate of drug-likeness (QED) is 0.157. The zero-order valence-corrected chi connectivity index (χ0v) is 20.2. The summed E-state index contributed by atoms with van der Waals surface area (Å²) in [5.41, 5.74) is 6.86. The molecule has 0 fully saturated rings. The fourth-order valence-electron chi connectivity index (χ4n) is 3.79. The normalized spacial score (nSPS) is 11.6. The van der Waals surface area contributed by atoms with Crippen molar-refractivity contribution in [2.75, 3.05) is 16.1 Å². The number of nitrogens with one attached hydrogen (secondary N) is 3. The van der Waals surface area contributed by atoms with Gasteiger partial charge >= 0.3 is 6.18 Å². The molecule has 0 radical (unpaired) electrons. The second-order valence-electron chi connectivity index (χ2n) is 8.37. The molecule has 5 rings (SSSR count). The maximum atomic E-state index is 12.9. The number of rotatable bonds is 7. The van der Waals surface area contributed by atoms with Gasteiger partial charge in [-0.25, -0.2) is 15.4 Å². The molecule has 0 unspecified atom stereocenters. The molecule has 0 aliphatic heterocycles. The first-order valence-electron chi connectivity index (χ1n) is 11.6. The molecule has 190 valence electrons. The van der Waals surface area contributed by atoms with E-state index in [1.165, 1.54) is 18.5 Å². The molecule has 0 saturated carbocycles. The van der Waals surface area contributed by atoms with E-state index in [2.05, 4.69) is 36.1 Å². The molecule has 2 aromatic heterocycles. The van der Waals surface area contributed by atoms with Crippen LogP contribution >= 0.6 is 0 Å². The lowest BCUT2D eigenvalue weighted by Crippen LogP contribution is -2.05. The zero-order valence-electron chi connectivity index (χ0n) is 20.2. The van der Waals surface area contributed by atoms with Crippen molar-refractivity contribution in [3.63, 3.8) is 0 Å². The molecule has 0 aliphatic rings. The molecule has 0 spiro atoms. The minimum Gasteiger partial charge on any atom is -0.354 e. The average Bonchev–Trinajstić information content (AvgIpc) is 2.91. The highest BCUT2D eigenvalue weighted by Crippen LogP contribution is 2.31. The summed E-state index contributed by atoms with van der Waals surface area (Å²) in [6.45, 7) is 1.91.